The van der Waals surface area contributed by atoms with Gasteiger partial charge in [0.2, 0.25) is 11.9 Å². The fraction of sp³-hybridized carbons (Fsp3) is 0.0385. The van der Waals surface area contributed by atoms with Crippen LogP contribution in [0, 0.1) is 0 Å². The van der Waals surface area contributed by atoms with Gasteiger partial charge in [0.25, 0.3) is 0 Å². The van der Waals surface area contributed by atoms with Crippen LogP contribution >= 0.6 is 0 Å². The van der Waals surface area contributed by atoms with E-state index in [0.29, 0.717) is 17.7 Å². The molecule has 0 fully saturated rings. The normalized spacial score (nSPS) is 10.6. The van der Waals surface area contributed by atoms with Gasteiger partial charge in [-0.1, -0.05) is 66.7 Å². The summed E-state index contributed by atoms with van der Waals surface area (Å²) in [5.74, 6) is 1.55. The Morgan fingerprint density at radius 2 is 1.09 bits per heavy atom. The minimum Gasteiger partial charge on any atom is -0.341 e. The van der Waals surface area contributed by atoms with Gasteiger partial charge in [-0.3, -0.25) is 0 Å². The summed E-state index contributed by atoms with van der Waals surface area (Å²) in [6, 6.07) is 34.1. The first kappa shape index (κ1) is 19.5. The fourth-order valence-corrected chi connectivity index (χ4v) is 3.44. The highest BCUT2D eigenvalue weighted by Gasteiger charge is 2.13. The molecule has 0 atom stereocenters. The number of rotatable bonds is 7. The van der Waals surface area contributed by atoms with Crippen molar-refractivity contribution in [2.24, 2.45) is 0 Å². The molecule has 156 valence electrons. The number of hydrogen-bond acceptors (Lipinski definition) is 5. The lowest BCUT2D eigenvalue weighted by molar-refractivity contribution is 0.806. The van der Waals surface area contributed by atoms with Crippen LogP contribution in [0.3, 0.4) is 0 Å². The fourth-order valence-electron chi connectivity index (χ4n) is 3.44. The summed E-state index contributed by atoms with van der Waals surface area (Å²) < 4.78 is 2.14. The van der Waals surface area contributed by atoms with Gasteiger partial charge in [0, 0.05) is 24.1 Å². The third-order valence-electron chi connectivity index (χ3n) is 4.95. The predicted octanol–water partition coefficient (Wildman–Crippen LogP) is 5.88. The second kappa shape index (κ2) is 9.14. The highest BCUT2D eigenvalue weighted by atomic mass is 15.2. The van der Waals surface area contributed by atoms with E-state index in [-0.39, 0.29) is 0 Å². The highest BCUT2D eigenvalue weighted by Crippen LogP contribution is 2.23. The molecule has 32 heavy (non-hydrogen) atoms. The van der Waals surface area contributed by atoms with E-state index in [1.807, 2.05) is 97.2 Å². The van der Waals surface area contributed by atoms with Crippen molar-refractivity contribution in [2.45, 2.75) is 6.54 Å². The topological polar surface area (TPSA) is 67.7 Å². The molecule has 5 rings (SSSR count). The number of para-hydroxylation sites is 2. The molecule has 2 N–H and O–H groups in total. The summed E-state index contributed by atoms with van der Waals surface area (Å²) in [5, 5.41) is 6.58. The molecule has 0 amide bonds. The standard InChI is InChI=1S/C26H22N6/c1-4-11-20(12-5-1)19-32-18-10-17-23(32)24-29-25(27-21-13-6-2-7-14-21)31-26(30-24)28-22-15-8-3-9-16-22/h1-18H,19H2,(H2,27,28,29,30,31). The maximum absolute atomic E-state index is 4.72. The lowest BCUT2D eigenvalue weighted by Gasteiger charge is -2.12. The van der Waals surface area contributed by atoms with Crippen molar-refractivity contribution >= 4 is 23.3 Å². The summed E-state index contributed by atoms with van der Waals surface area (Å²) in [7, 11) is 0. The number of benzene rings is 3. The van der Waals surface area contributed by atoms with E-state index in [2.05, 4.69) is 32.3 Å². The lowest BCUT2D eigenvalue weighted by Crippen LogP contribution is -2.08. The second-order valence-electron chi connectivity index (χ2n) is 7.30. The molecule has 0 saturated heterocycles. The molecule has 0 unspecified atom stereocenters. The molecule has 0 radical (unpaired) electrons. The third-order valence-corrected chi connectivity index (χ3v) is 4.95. The van der Waals surface area contributed by atoms with Crippen molar-refractivity contribution < 1.29 is 0 Å². The SMILES string of the molecule is c1ccc(Cn2cccc2-c2nc(Nc3ccccc3)nc(Nc3ccccc3)n2)cc1. The maximum atomic E-state index is 4.72. The number of nitrogens with one attached hydrogen (secondary N) is 2. The van der Waals surface area contributed by atoms with E-state index >= 15 is 0 Å². The van der Waals surface area contributed by atoms with Crippen molar-refractivity contribution in [1.82, 2.24) is 19.5 Å². The Hall–Kier alpha value is -4.45. The van der Waals surface area contributed by atoms with Crippen molar-refractivity contribution in [3.8, 4) is 11.5 Å². The molecule has 2 aromatic heterocycles. The van der Waals surface area contributed by atoms with Gasteiger partial charge >= 0.3 is 0 Å². The number of hydrogen-bond donors (Lipinski definition) is 2. The van der Waals surface area contributed by atoms with E-state index in [1.54, 1.807) is 0 Å². The van der Waals surface area contributed by atoms with E-state index in [9.17, 15) is 0 Å². The smallest absolute Gasteiger partial charge is 0.232 e. The summed E-state index contributed by atoms with van der Waals surface area (Å²) in [6.45, 7) is 0.734. The maximum Gasteiger partial charge on any atom is 0.232 e. The number of aromatic nitrogens is 4. The van der Waals surface area contributed by atoms with Crippen LogP contribution in [0.15, 0.2) is 109 Å². The van der Waals surface area contributed by atoms with Crippen LogP contribution in [0.25, 0.3) is 11.5 Å². The van der Waals surface area contributed by atoms with Gasteiger partial charge < -0.3 is 15.2 Å². The highest BCUT2D eigenvalue weighted by molar-refractivity contribution is 5.62. The Kier molecular flexibility index (Phi) is 5.57. The van der Waals surface area contributed by atoms with E-state index in [1.165, 1.54) is 5.56 Å². The van der Waals surface area contributed by atoms with Crippen molar-refractivity contribution in [2.75, 3.05) is 10.6 Å². The zero-order valence-corrected chi connectivity index (χ0v) is 17.4. The Bertz CT molecular complexity index is 1220. The first-order valence-corrected chi connectivity index (χ1v) is 10.4. The molecule has 0 aliphatic carbocycles. The van der Waals surface area contributed by atoms with E-state index < -0.39 is 0 Å². The van der Waals surface area contributed by atoms with Crippen LogP contribution in [0.4, 0.5) is 23.3 Å². The average Bonchev–Trinajstić information content (AvgIpc) is 3.29. The Labute approximate surface area is 186 Å². The zero-order valence-electron chi connectivity index (χ0n) is 17.4. The largest absolute Gasteiger partial charge is 0.341 e. The van der Waals surface area contributed by atoms with Gasteiger partial charge in [0.1, 0.15) is 0 Å². The first-order valence-electron chi connectivity index (χ1n) is 10.4. The van der Waals surface area contributed by atoms with Gasteiger partial charge in [-0.2, -0.15) is 15.0 Å². The second-order valence-corrected chi connectivity index (χ2v) is 7.30. The molecule has 6 heteroatoms. The van der Waals surface area contributed by atoms with Crippen LogP contribution in [0.2, 0.25) is 0 Å². The Morgan fingerprint density at radius 1 is 0.562 bits per heavy atom. The molecule has 6 nitrogen and oxygen atoms in total. The van der Waals surface area contributed by atoms with Gasteiger partial charge in [-0.05, 0) is 42.0 Å². The van der Waals surface area contributed by atoms with Gasteiger partial charge in [0.05, 0.1) is 5.69 Å². The van der Waals surface area contributed by atoms with Crippen molar-refractivity contribution in [1.29, 1.82) is 0 Å². The Balaban J connectivity index is 1.52. The van der Waals surface area contributed by atoms with Gasteiger partial charge in [-0.25, -0.2) is 0 Å². The quantitative estimate of drug-likeness (QED) is 0.346. The number of nitrogens with zero attached hydrogens (tertiary/aromatic N) is 4. The molecule has 5 aromatic rings. The minimum absolute atomic E-state index is 0.479. The average molecular weight is 419 g/mol. The lowest BCUT2D eigenvalue weighted by atomic mass is 10.2. The van der Waals surface area contributed by atoms with E-state index in [4.69, 9.17) is 9.97 Å². The molecular formula is C26H22N6. The molecule has 0 aliphatic rings. The molecular weight excluding hydrogens is 396 g/mol. The van der Waals surface area contributed by atoms with Crippen molar-refractivity contribution in [3.05, 3.63) is 115 Å². The van der Waals surface area contributed by atoms with Crippen LogP contribution < -0.4 is 10.6 Å². The summed E-state index contributed by atoms with van der Waals surface area (Å²) in [4.78, 5) is 14.0. The van der Waals surface area contributed by atoms with Crippen LogP contribution in [0.1, 0.15) is 5.56 Å². The first-order chi connectivity index (χ1) is 15.8. The number of anilines is 4. The molecule has 2 heterocycles. The molecule has 0 spiro atoms. The molecule has 3 aromatic carbocycles. The van der Waals surface area contributed by atoms with Crippen LogP contribution in [0.5, 0.6) is 0 Å². The van der Waals surface area contributed by atoms with Crippen molar-refractivity contribution in [3.63, 3.8) is 0 Å². The van der Waals surface area contributed by atoms with Gasteiger partial charge in [0.15, 0.2) is 5.82 Å². The van der Waals surface area contributed by atoms with Crippen LogP contribution in [-0.4, -0.2) is 19.5 Å². The monoisotopic (exact) mass is 418 g/mol. The van der Waals surface area contributed by atoms with Gasteiger partial charge in [-0.15, -0.1) is 0 Å². The zero-order chi connectivity index (χ0) is 21.6. The molecule has 0 bridgehead atoms. The summed E-state index contributed by atoms with van der Waals surface area (Å²) >= 11 is 0. The van der Waals surface area contributed by atoms with Crippen LogP contribution in [-0.2, 0) is 6.54 Å². The molecule has 0 aliphatic heterocycles. The Morgan fingerprint density at radius 3 is 1.66 bits per heavy atom. The summed E-state index contributed by atoms with van der Waals surface area (Å²) in [5.41, 5.74) is 3.96. The molecule has 0 saturated carbocycles. The predicted molar refractivity (Wildman–Crippen MR) is 128 cm³/mol. The third kappa shape index (κ3) is 4.65. The summed E-state index contributed by atoms with van der Waals surface area (Å²) in [6.07, 6.45) is 2.04. The van der Waals surface area contributed by atoms with E-state index in [0.717, 1.165) is 23.6 Å². The minimum atomic E-state index is 0.479.